The first kappa shape index (κ1) is 33.9. The fourth-order valence-electron chi connectivity index (χ4n) is 7.92. The maximum atomic E-state index is 13.3. The van der Waals surface area contributed by atoms with E-state index in [2.05, 4.69) is 18.8 Å². The fraction of sp³-hybridized carbons (Fsp3) is 0.556. The van der Waals surface area contributed by atoms with E-state index < -0.39 is 23.5 Å². The fourth-order valence-corrected chi connectivity index (χ4v) is 7.92. The van der Waals surface area contributed by atoms with Gasteiger partial charge in [0.1, 0.15) is 11.5 Å². The third-order valence-corrected chi connectivity index (χ3v) is 10.9. The molecule has 0 spiro atoms. The van der Waals surface area contributed by atoms with Crippen LogP contribution in [0.1, 0.15) is 45.6 Å². The summed E-state index contributed by atoms with van der Waals surface area (Å²) in [5, 5.41) is 35.8. The summed E-state index contributed by atoms with van der Waals surface area (Å²) in [7, 11) is 3.78. The number of anilines is 1. The van der Waals surface area contributed by atoms with Crippen molar-refractivity contribution < 1.29 is 34.4 Å². The molecule has 4 N–H and O–H groups in total. The van der Waals surface area contributed by atoms with E-state index in [0.29, 0.717) is 62.5 Å². The van der Waals surface area contributed by atoms with Crippen LogP contribution in [0.15, 0.2) is 59.9 Å². The zero-order chi connectivity index (χ0) is 33.4. The summed E-state index contributed by atoms with van der Waals surface area (Å²) in [6.45, 7) is 12.5. The molecule has 4 unspecified atom stereocenters. The number of aromatic hydroxyl groups is 1. The summed E-state index contributed by atoms with van der Waals surface area (Å²) >= 11 is 0. The number of hydrogen-bond donors (Lipinski definition) is 4. The number of phenols is 1. The molecule has 1 amide bonds. The smallest absolute Gasteiger partial charge is 0.343 e. The molecule has 7 atom stereocenters. The lowest BCUT2D eigenvalue weighted by atomic mass is 9.45. The van der Waals surface area contributed by atoms with Crippen LogP contribution in [0.4, 0.5) is 5.69 Å². The van der Waals surface area contributed by atoms with Gasteiger partial charge < -0.3 is 34.6 Å². The molecule has 2 saturated carbocycles. The van der Waals surface area contributed by atoms with Crippen LogP contribution >= 0.6 is 0 Å². The molecule has 0 bridgehead atoms. The molecule has 250 valence electrons. The number of allylic oxidation sites excluding steroid dienone is 2. The molecule has 2 aliphatic heterocycles. The Bertz CT molecular complexity index is 1440. The van der Waals surface area contributed by atoms with Crippen LogP contribution in [0, 0.1) is 22.7 Å². The molecular weight excluding hydrogens is 586 g/mol. The Hall–Kier alpha value is -3.44. The van der Waals surface area contributed by atoms with Gasteiger partial charge in [0.2, 0.25) is 5.91 Å². The van der Waals surface area contributed by atoms with Crippen molar-refractivity contribution >= 4 is 23.6 Å². The van der Waals surface area contributed by atoms with Gasteiger partial charge in [-0.05, 0) is 61.8 Å². The van der Waals surface area contributed by atoms with Gasteiger partial charge in [0.25, 0.3) is 0 Å². The van der Waals surface area contributed by atoms with Gasteiger partial charge in [-0.25, -0.2) is 4.79 Å². The first-order valence-electron chi connectivity index (χ1n) is 16.2. The topological polar surface area (TPSA) is 132 Å². The standard InChI is InChI=1S/C36H49N3O7/c1-22-28(10-8-25-18-27(46-34(25)44)17-24-7-9-26(38(5)6)19-30(24)41)35(3)12-11-32(42)36(4,21-40)31(35)20-29(22)37-23(2)33(43)39-13-15-45-16-14-39/h7-10,17-19,23,28-29,31-32,37,40-42H,1,11-16,20-21H2,2-6H3/t23?,28?,29?,31?,32-,35-,36+/m1/s1. The van der Waals surface area contributed by atoms with Gasteiger partial charge in [0.15, 0.2) is 0 Å². The summed E-state index contributed by atoms with van der Waals surface area (Å²) < 4.78 is 11.0. The number of cyclic esters (lactones) is 1. The van der Waals surface area contributed by atoms with E-state index in [4.69, 9.17) is 9.47 Å². The lowest BCUT2D eigenvalue weighted by Gasteiger charge is -2.61. The van der Waals surface area contributed by atoms with Gasteiger partial charge in [-0.2, -0.15) is 0 Å². The van der Waals surface area contributed by atoms with Crippen molar-refractivity contribution in [2.45, 2.75) is 58.2 Å². The third-order valence-electron chi connectivity index (χ3n) is 10.9. The zero-order valence-corrected chi connectivity index (χ0v) is 27.7. The summed E-state index contributed by atoms with van der Waals surface area (Å²) in [5.74, 6) is -0.384. The van der Waals surface area contributed by atoms with E-state index in [1.807, 2.05) is 49.9 Å². The number of nitrogens with one attached hydrogen (secondary N) is 1. The van der Waals surface area contributed by atoms with E-state index in [0.717, 1.165) is 11.3 Å². The van der Waals surface area contributed by atoms with Crippen molar-refractivity contribution in [1.82, 2.24) is 10.2 Å². The maximum absolute atomic E-state index is 13.3. The third kappa shape index (κ3) is 6.40. The van der Waals surface area contributed by atoms with Gasteiger partial charge in [-0.3, -0.25) is 10.1 Å². The highest BCUT2D eigenvalue weighted by Crippen LogP contribution is 2.61. The lowest BCUT2D eigenvalue weighted by molar-refractivity contribution is -0.150. The molecule has 1 aromatic rings. The molecule has 5 rings (SSSR count). The number of hydrogen-bond acceptors (Lipinski definition) is 9. The number of nitrogens with zero attached hydrogens (tertiary/aromatic N) is 2. The Balaban J connectivity index is 1.43. The minimum absolute atomic E-state index is 0.00527. The number of amides is 1. The van der Waals surface area contributed by atoms with Crippen LogP contribution in [0.2, 0.25) is 0 Å². The number of carbonyl (C=O) groups excluding carboxylic acids is 2. The number of morpholine rings is 1. The number of aliphatic hydroxyl groups excluding tert-OH is 2. The number of carbonyl (C=O) groups is 2. The van der Waals surface area contributed by atoms with Crippen LogP contribution in [0.5, 0.6) is 5.75 Å². The zero-order valence-electron chi connectivity index (χ0n) is 27.7. The number of esters is 1. The van der Waals surface area contributed by atoms with E-state index in [9.17, 15) is 24.9 Å². The normalized spacial score (nSPS) is 33.2. The van der Waals surface area contributed by atoms with Gasteiger partial charge in [-0.1, -0.05) is 38.2 Å². The van der Waals surface area contributed by atoms with E-state index in [1.165, 1.54) is 0 Å². The molecular formula is C36H49N3O7. The number of fused-ring (bicyclic) bond motifs is 1. The maximum Gasteiger partial charge on any atom is 0.343 e. The molecule has 1 saturated heterocycles. The van der Waals surface area contributed by atoms with Crippen LogP contribution in [-0.2, 0) is 19.1 Å². The van der Waals surface area contributed by atoms with Gasteiger partial charge >= 0.3 is 5.97 Å². The second-order valence-electron chi connectivity index (χ2n) is 14.0. The Morgan fingerprint density at radius 3 is 2.63 bits per heavy atom. The second kappa shape index (κ2) is 13.4. The highest BCUT2D eigenvalue weighted by molar-refractivity contribution is 5.96. The Morgan fingerprint density at radius 2 is 1.98 bits per heavy atom. The van der Waals surface area contributed by atoms with Crippen molar-refractivity contribution in [1.29, 1.82) is 0 Å². The first-order chi connectivity index (χ1) is 21.8. The van der Waals surface area contributed by atoms with E-state index in [1.54, 1.807) is 30.4 Å². The monoisotopic (exact) mass is 635 g/mol. The molecule has 10 heteroatoms. The molecule has 4 aliphatic rings. The largest absolute Gasteiger partial charge is 0.507 e. The summed E-state index contributed by atoms with van der Waals surface area (Å²) in [5.41, 5.74) is 1.55. The number of rotatable bonds is 8. The SMILES string of the molecule is C=C1C(NC(C)C(=O)N2CCOCC2)CC2[C@](C)(CC[C@@H](O)[C@@]2(C)CO)C1C=CC1=CC(=Cc2ccc(N(C)C)cc2O)OC1=O. The number of ether oxygens (including phenoxy) is 2. The molecule has 3 fully saturated rings. The highest BCUT2D eigenvalue weighted by atomic mass is 16.5. The Labute approximate surface area is 272 Å². The van der Waals surface area contributed by atoms with Crippen LogP contribution < -0.4 is 10.2 Å². The quantitative estimate of drug-likeness (QED) is 0.251. The van der Waals surface area contributed by atoms with Crippen molar-refractivity contribution in [3.05, 3.63) is 65.5 Å². The molecule has 1 aromatic carbocycles. The van der Waals surface area contributed by atoms with E-state index >= 15 is 0 Å². The Kier molecular flexibility index (Phi) is 9.84. The molecule has 0 radical (unpaired) electrons. The lowest BCUT2D eigenvalue weighted by Crippen LogP contribution is -2.62. The molecule has 0 aromatic heterocycles. The van der Waals surface area contributed by atoms with Gasteiger partial charge in [0.05, 0.1) is 37.5 Å². The van der Waals surface area contributed by atoms with Crippen LogP contribution in [0.25, 0.3) is 6.08 Å². The average Bonchev–Trinajstić information content (AvgIpc) is 3.39. The van der Waals surface area contributed by atoms with E-state index in [-0.39, 0.29) is 41.6 Å². The molecule has 2 heterocycles. The Morgan fingerprint density at radius 1 is 1.26 bits per heavy atom. The van der Waals surface area contributed by atoms with Crippen molar-refractivity contribution in [3.8, 4) is 5.75 Å². The molecule has 46 heavy (non-hydrogen) atoms. The number of phenolic OH excluding ortho intramolecular Hbond substituents is 1. The molecule has 2 aliphatic carbocycles. The summed E-state index contributed by atoms with van der Waals surface area (Å²) in [6.07, 6.45) is 8.25. The minimum Gasteiger partial charge on any atom is -0.507 e. The van der Waals surface area contributed by atoms with Crippen LogP contribution in [-0.4, -0.2) is 97.3 Å². The highest BCUT2D eigenvalue weighted by Gasteiger charge is 2.59. The molecule has 10 nitrogen and oxygen atoms in total. The average molecular weight is 636 g/mol. The van der Waals surface area contributed by atoms with Crippen LogP contribution in [0.3, 0.4) is 0 Å². The van der Waals surface area contributed by atoms with Gasteiger partial charge in [0, 0.05) is 61.9 Å². The second-order valence-corrected chi connectivity index (χ2v) is 14.0. The predicted octanol–water partition coefficient (Wildman–Crippen LogP) is 3.40. The van der Waals surface area contributed by atoms with Gasteiger partial charge in [-0.15, -0.1) is 0 Å². The summed E-state index contributed by atoms with van der Waals surface area (Å²) in [4.78, 5) is 30.0. The number of aliphatic hydroxyl groups is 2. The van der Waals surface area contributed by atoms with Crippen molar-refractivity contribution in [2.24, 2.45) is 22.7 Å². The first-order valence-corrected chi connectivity index (χ1v) is 16.2. The summed E-state index contributed by atoms with van der Waals surface area (Å²) in [6, 6.07) is 4.58. The number of benzene rings is 1. The van der Waals surface area contributed by atoms with Crippen molar-refractivity contribution in [3.63, 3.8) is 0 Å². The minimum atomic E-state index is -0.747. The van der Waals surface area contributed by atoms with Crippen molar-refractivity contribution in [2.75, 3.05) is 51.9 Å². The predicted molar refractivity (Wildman–Crippen MR) is 177 cm³/mol.